The zero-order valence-electron chi connectivity index (χ0n) is 14.8. The Bertz CT molecular complexity index is 1040. The topological polar surface area (TPSA) is 75.0 Å². The predicted molar refractivity (Wildman–Crippen MR) is 101 cm³/mol. The number of methoxy groups -OCH3 is 1. The van der Waals surface area contributed by atoms with E-state index in [4.69, 9.17) is 30.2 Å². The normalized spacial score (nSPS) is 10.6. The van der Waals surface area contributed by atoms with Crippen LogP contribution >= 0.6 is 11.6 Å². The number of benzene rings is 2. The van der Waals surface area contributed by atoms with E-state index in [0.29, 0.717) is 33.1 Å². The molecule has 0 aliphatic carbocycles. The monoisotopic (exact) mass is 388 g/mol. The largest absolute Gasteiger partial charge is 0.497 e. The predicted octanol–water partition coefficient (Wildman–Crippen LogP) is 3.89. The standard InChI is InChI=1S/C20H17ClO6/c1-12-7-14(21)3-6-17(12)25-11-20(23)26-10-13-8-19(22)27-18-9-15(24-2)4-5-16(13)18/h3-9H,10-11H2,1-2H3. The molecule has 0 saturated heterocycles. The molecule has 0 aliphatic heterocycles. The quantitative estimate of drug-likeness (QED) is 0.471. The highest BCUT2D eigenvalue weighted by Crippen LogP contribution is 2.24. The van der Waals surface area contributed by atoms with Crippen molar-refractivity contribution < 1.29 is 23.4 Å². The van der Waals surface area contributed by atoms with Crippen molar-refractivity contribution in [1.29, 1.82) is 0 Å². The molecular formula is C20H17ClO6. The highest BCUT2D eigenvalue weighted by Gasteiger charge is 2.11. The first-order chi connectivity index (χ1) is 13.0. The zero-order valence-corrected chi connectivity index (χ0v) is 15.5. The van der Waals surface area contributed by atoms with Gasteiger partial charge in [-0.05, 0) is 42.8 Å². The van der Waals surface area contributed by atoms with Crippen molar-refractivity contribution in [2.75, 3.05) is 13.7 Å². The lowest BCUT2D eigenvalue weighted by Crippen LogP contribution is -2.15. The van der Waals surface area contributed by atoms with Gasteiger partial charge in [-0.15, -0.1) is 0 Å². The van der Waals surface area contributed by atoms with Crippen LogP contribution in [0.15, 0.2) is 51.7 Å². The van der Waals surface area contributed by atoms with E-state index >= 15 is 0 Å². The summed E-state index contributed by atoms with van der Waals surface area (Å²) in [7, 11) is 1.52. The van der Waals surface area contributed by atoms with Crippen molar-refractivity contribution in [1.82, 2.24) is 0 Å². The van der Waals surface area contributed by atoms with Gasteiger partial charge < -0.3 is 18.6 Å². The van der Waals surface area contributed by atoms with Crippen LogP contribution in [0.25, 0.3) is 11.0 Å². The minimum Gasteiger partial charge on any atom is -0.497 e. The number of fused-ring (bicyclic) bond motifs is 1. The summed E-state index contributed by atoms with van der Waals surface area (Å²) in [6.07, 6.45) is 0. The number of rotatable bonds is 6. The second-order valence-corrected chi connectivity index (χ2v) is 6.25. The van der Waals surface area contributed by atoms with Gasteiger partial charge in [0, 0.05) is 28.1 Å². The van der Waals surface area contributed by atoms with E-state index < -0.39 is 11.6 Å². The number of hydrogen-bond acceptors (Lipinski definition) is 6. The second kappa shape index (κ2) is 8.14. The van der Waals surface area contributed by atoms with Crippen molar-refractivity contribution in [3.8, 4) is 11.5 Å². The van der Waals surface area contributed by atoms with Crippen LogP contribution < -0.4 is 15.1 Å². The number of aryl methyl sites for hydroxylation is 1. The van der Waals surface area contributed by atoms with Crippen LogP contribution in [0, 0.1) is 6.92 Å². The number of esters is 1. The number of halogens is 1. The molecule has 1 heterocycles. The molecule has 0 N–H and O–H groups in total. The molecule has 6 nitrogen and oxygen atoms in total. The first-order valence-electron chi connectivity index (χ1n) is 8.11. The minimum atomic E-state index is -0.556. The van der Waals surface area contributed by atoms with Crippen LogP contribution in [0.3, 0.4) is 0 Å². The molecule has 3 rings (SSSR count). The summed E-state index contributed by atoms with van der Waals surface area (Å²) < 4.78 is 21.0. The van der Waals surface area contributed by atoms with Gasteiger partial charge in [-0.1, -0.05) is 11.6 Å². The van der Waals surface area contributed by atoms with E-state index in [0.717, 1.165) is 5.56 Å². The molecule has 0 fully saturated rings. The maximum atomic E-state index is 12.0. The molecule has 0 aliphatic rings. The molecule has 3 aromatic rings. The van der Waals surface area contributed by atoms with Crippen molar-refractivity contribution in [3.63, 3.8) is 0 Å². The van der Waals surface area contributed by atoms with Gasteiger partial charge in [0.1, 0.15) is 23.7 Å². The average Bonchev–Trinajstić information content (AvgIpc) is 2.64. The molecule has 0 saturated carbocycles. The summed E-state index contributed by atoms with van der Waals surface area (Å²) in [4.78, 5) is 23.7. The van der Waals surface area contributed by atoms with E-state index in [2.05, 4.69) is 0 Å². The Labute approximate surface area is 160 Å². The summed E-state index contributed by atoms with van der Waals surface area (Å²) in [6, 6.07) is 11.5. The Balaban J connectivity index is 1.67. The summed E-state index contributed by atoms with van der Waals surface area (Å²) in [6.45, 7) is 1.50. The lowest BCUT2D eigenvalue weighted by molar-refractivity contribution is -0.147. The lowest BCUT2D eigenvalue weighted by Gasteiger charge is -2.10. The lowest BCUT2D eigenvalue weighted by atomic mass is 10.1. The third-order valence-electron chi connectivity index (χ3n) is 3.91. The Kier molecular flexibility index (Phi) is 5.66. The number of hydrogen-bond donors (Lipinski definition) is 0. The number of carbonyl (C=O) groups excluding carboxylic acids is 1. The molecule has 0 spiro atoms. The van der Waals surface area contributed by atoms with Crippen LogP contribution in [0.2, 0.25) is 5.02 Å². The first-order valence-corrected chi connectivity index (χ1v) is 8.49. The maximum absolute atomic E-state index is 12.0. The Morgan fingerprint density at radius 1 is 1.15 bits per heavy atom. The molecule has 27 heavy (non-hydrogen) atoms. The second-order valence-electron chi connectivity index (χ2n) is 5.81. The highest BCUT2D eigenvalue weighted by atomic mass is 35.5. The van der Waals surface area contributed by atoms with Gasteiger partial charge in [-0.25, -0.2) is 9.59 Å². The fraction of sp³-hybridized carbons (Fsp3) is 0.200. The molecule has 140 valence electrons. The molecule has 2 aromatic carbocycles. The van der Waals surface area contributed by atoms with Crippen molar-refractivity contribution in [2.45, 2.75) is 13.5 Å². The number of ether oxygens (including phenoxy) is 3. The maximum Gasteiger partial charge on any atom is 0.344 e. The molecule has 1 aromatic heterocycles. The molecule has 0 amide bonds. The smallest absolute Gasteiger partial charge is 0.344 e. The fourth-order valence-corrected chi connectivity index (χ4v) is 2.79. The molecule has 0 radical (unpaired) electrons. The van der Waals surface area contributed by atoms with E-state index in [9.17, 15) is 9.59 Å². The average molecular weight is 389 g/mol. The van der Waals surface area contributed by atoms with Gasteiger partial charge in [-0.3, -0.25) is 0 Å². The van der Waals surface area contributed by atoms with E-state index in [1.165, 1.54) is 13.2 Å². The first kappa shape index (κ1) is 18.8. The highest BCUT2D eigenvalue weighted by molar-refractivity contribution is 6.30. The zero-order chi connectivity index (χ0) is 19.4. The summed E-state index contributed by atoms with van der Waals surface area (Å²) >= 11 is 5.89. The summed E-state index contributed by atoms with van der Waals surface area (Å²) in [5.74, 6) is 0.556. The molecule has 0 bridgehead atoms. The summed E-state index contributed by atoms with van der Waals surface area (Å²) in [5.41, 5.74) is 1.19. The van der Waals surface area contributed by atoms with Crippen molar-refractivity contribution in [3.05, 3.63) is 69.0 Å². The van der Waals surface area contributed by atoms with Crippen LogP contribution in [-0.4, -0.2) is 19.7 Å². The number of carbonyl (C=O) groups is 1. The van der Waals surface area contributed by atoms with Gasteiger partial charge in [-0.2, -0.15) is 0 Å². The SMILES string of the molecule is COc1ccc2c(COC(=O)COc3ccc(Cl)cc3C)cc(=O)oc2c1. The van der Waals surface area contributed by atoms with Gasteiger partial charge in [0.25, 0.3) is 0 Å². The third-order valence-corrected chi connectivity index (χ3v) is 4.14. The minimum absolute atomic E-state index is 0.0732. The summed E-state index contributed by atoms with van der Waals surface area (Å²) in [5, 5.41) is 1.26. The molecule has 0 atom stereocenters. The van der Waals surface area contributed by atoms with Gasteiger partial charge in [0.2, 0.25) is 0 Å². The van der Waals surface area contributed by atoms with Crippen molar-refractivity contribution in [2.24, 2.45) is 0 Å². The molecular weight excluding hydrogens is 372 g/mol. The van der Waals surface area contributed by atoms with Gasteiger partial charge in [0.05, 0.1) is 7.11 Å². The molecule has 0 unspecified atom stereocenters. The van der Waals surface area contributed by atoms with Crippen LogP contribution in [-0.2, 0) is 16.1 Å². The van der Waals surface area contributed by atoms with E-state index in [1.807, 2.05) is 6.92 Å². The fourth-order valence-electron chi connectivity index (χ4n) is 2.57. The third kappa shape index (κ3) is 4.60. The van der Waals surface area contributed by atoms with Crippen molar-refractivity contribution >= 4 is 28.5 Å². The van der Waals surface area contributed by atoms with Crippen LogP contribution in [0.4, 0.5) is 0 Å². The van der Waals surface area contributed by atoms with E-state index in [1.54, 1.807) is 36.4 Å². The van der Waals surface area contributed by atoms with Gasteiger partial charge >= 0.3 is 11.6 Å². The van der Waals surface area contributed by atoms with Gasteiger partial charge in [0.15, 0.2) is 6.61 Å². The Morgan fingerprint density at radius 3 is 2.70 bits per heavy atom. The van der Waals surface area contributed by atoms with Crippen LogP contribution in [0.5, 0.6) is 11.5 Å². The Morgan fingerprint density at radius 2 is 1.96 bits per heavy atom. The van der Waals surface area contributed by atoms with E-state index in [-0.39, 0.29) is 13.2 Å². The molecule has 7 heteroatoms. The Hall–Kier alpha value is -2.99. The van der Waals surface area contributed by atoms with Crippen LogP contribution in [0.1, 0.15) is 11.1 Å².